The molecule has 0 radical (unpaired) electrons. The van der Waals surface area contributed by atoms with Gasteiger partial charge < -0.3 is 9.64 Å². The molecule has 0 N–H and O–H groups in total. The molecular weight excluding hydrogens is 254 g/mol. The molecule has 1 unspecified atom stereocenters. The van der Waals surface area contributed by atoms with E-state index in [1.54, 1.807) is 0 Å². The minimum absolute atomic E-state index is 0.0185. The number of amides is 1. The molecule has 0 spiro atoms. The SMILES string of the molecule is N#CC1CN(C(=O)Cc2cccc(F)c2F)CCO1. The number of halogens is 2. The summed E-state index contributed by atoms with van der Waals surface area (Å²) in [5.41, 5.74) is 0.0185. The molecule has 1 saturated heterocycles. The van der Waals surface area contributed by atoms with Crippen molar-refractivity contribution in [2.24, 2.45) is 0 Å². The first-order chi connectivity index (χ1) is 9.11. The maximum Gasteiger partial charge on any atom is 0.227 e. The summed E-state index contributed by atoms with van der Waals surface area (Å²) >= 11 is 0. The highest BCUT2D eigenvalue weighted by Gasteiger charge is 2.24. The van der Waals surface area contributed by atoms with Crippen LogP contribution in [0.4, 0.5) is 8.78 Å². The Balaban J connectivity index is 2.05. The second-order valence-electron chi connectivity index (χ2n) is 4.22. The van der Waals surface area contributed by atoms with Crippen molar-refractivity contribution in [3.8, 4) is 6.07 Å². The van der Waals surface area contributed by atoms with Gasteiger partial charge in [-0.25, -0.2) is 8.78 Å². The van der Waals surface area contributed by atoms with Gasteiger partial charge in [0.2, 0.25) is 5.91 Å². The summed E-state index contributed by atoms with van der Waals surface area (Å²) in [6, 6.07) is 5.66. The molecule has 1 atom stereocenters. The van der Waals surface area contributed by atoms with Crippen LogP contribution in [0, 0.1) is 23.0 Å². The number of hydrogen-bond acceptors (Lipinski definition) is 3. The van der Waals surface area contributed by atoms with Crippen molar-refractivity contribution in [2.75, 3.05) is 19.7 Å². The van der Waals surface area contributed by atoms with Crippen LogP contribution in [0.2, 0.25) is 0 Å². The first-order valence-electron chi connectivity index (χ1n) is 5.83. The van der Waals surface area contributed by atoms with E-state index in [1.807, 2.05) is 6.07 Å². The molecule has 1 aliphatic rings. The van der Waals surface area contributed by atoms with E-state index in [4.69, 9.17) is 10.00 Å². The third-order valence-electron chi connectivity index (χ3n) is 2.94. The number of carbonyl (C=O) groups excluding carboxylic acids is 1. The van der Waals surface area contributed by atoms with Crippen LogP contribution in [0.1, 0.15) is 5.56 Å². The molecule has 0 aliphatic carbocycles. The topological polar surface area (TPSA) is 53.3 Å². The standard InChI is InChI=1S/C13H12F2N2O2/c14-11-3-1-2-9(13(11)15)6-12(18)17-4-5-19-10(7-16)8-17/h1-3,10H,4-6,8H2. The number of nitriles is 1. The number of nitrogens with zero attached hydrogens (tertiary/aromatic N) is 2. The van der Waals surface area contributed by atoms with Crippen LogP contribution in [0.25, 0.3) is 0 Å². The maximum absolute atomic E-state index is 13.4. The number of carbonyl (C=O) groups is 1. The average molecular weight is 266 g/mol. The first-order valence-corrected chi connectivity index (χ1v) is 5.83. The van der Waals surface area contributed by atoms with E-state index in [0.717, 1.165) is 6.07 Å². The molecule has 0 saturated carbocycles. The Labute approximate surface area is 109 Å². The molecular formula is C13H12F2N2O2. The van der Waals surface area contributed by atoms with Crippen LogP contribution >= 0.6 is 0 Å². The third-order valence-corrected chi connectivity index (χ3v) is 2.94. The fourth-order valence-corrected chi connectivity index (χ4v) is 1.91. The molecule has 2 rings (SSSR count). The molecule has 0 aromatic heterocycles. The van der Waals surface area contributed by atoms with Gasteiger partial charge in [-0.15, -0.1) is 0 Å². The Morgan fingerprint density at radius 1 is 1.53 bits per heavy atom. The zero-order valence-corrected chi connectivity index (χ0v) is 10.1. The Hall–Kier alpha value is -2.00. The monoisotopic (exact) mass is 266 g/mol. The van der Waals surface area contributed by atoms with Crippen LogP contribution in [-0.4, -0.2) is 36.6 Å². The Morgan fingerprint density at radius 2 is 2.32 bits per heavy atom. The van der Waals surface area contributed by atoms with Gasteiger partial charge >= 0.3 is 0 Å². The molecule has 4 nitrogen and oxygen atoms in total. The van der Waals surface area contributed by atoms with E-state index in [0.29, 0.717) is 6.54 Å². The highest BCUT2D eigenvalue weighted by molar-refractivity contribution is 5.79. The molecule has 100 valence electrons. The van der Waals surface area contributed by atoms with Crippen LogP contribution in [0.15, 0.2) is 18.2 Å². The van der Waals surface area contributed by atoms with Gasteiger partial charge in [0.1, 0.15) is 0 Å². The zero-order chi connectivity index (χ0) is 13.8. The number of ether oxygens (including phenoxy) is 1. The lowest BCUT2D eigenvalue weighted by molar-refractivity contribution is -0.136. The highest BCUT2D eigenvalue weighted by Crippen LogP contribution is 2.14. The van der Waals surface area contributed by atoms with Crippen molar-refractivity contribution in [2.45, 2.75) is 12.5 Å². The van der Waals surface area contributed by atoms with E-state index in [9.17, 15) is 13.6 Å². The van der Waals surface area contributed by atoms with E-state index in [1.165, 1.54) is 17.0 Å². The van der Waals surface area contributed by atoms with E-state index in [-0.39, 0.29) is 31.0 Å². The van der Waals surface area contributed by atoms with Gasteiger partial charge in [-0.3, -0.25) is 4.79 Å². The number of rotatable bonds is 2. The van der Waals surface area contributed by atoms with Crippen LogP contribution in [0.5, 0.6) is 0 Å². The Kier molecular flexibility index (Phi) is 4.07. The first kappa shape index (κ1) is 13.4. The van der Waals surface area contributed by atoms with Crippen molar-refractivity contribution < 1.29 is 18.3 Å². The lowest BCUT2D eigenvalue weighted by Gasteiger charge is -2.29. The van der Waals surface area contributed by atoms with Crippen molar-refractivity contribution in [3.63, 3.8) is 0 Å². The van der Waals surface area contributed by atoms with Crippen molar-refractivity contribution in [1.29, 1.82) is 5.26 Å². The van der Waals surface area contributed by atoms with Crippen LogP contribution in [-0.2, 0) is 16.0 Å². The smallest absolute Gasteiger partial charge is 0.227 e. The molecule has 1 aliphatic heterocycles. The van der Waals surface area contributed by atoms with Crippen LogP contribution < -0.4 is 0 Å². The quantitative estimate of drug-likeness (QED) is 0.809. The summed E-state index contributed by atoms with van der Waals surface area (Å²) in [6.45, 7) is 0.788. The fourth-order valence-electron chi connectivity index (χ4n) is 1.91. The normalized spacial score (nSPS) is 19.0. The zero-order valence-electron chi connectivity index (χ0n) is 10.1. The molecule has 1 aromatic rings. The van der Waals surface area contributed by atoms with Gasteiger partial charge in [0.15, 0.2) is 17.7 Å². The summed E-state index contributed by atoms with van der Waals surface area (Å²) in [5, 5.41) is 8.74. The van der Waals surface area contributed by atoms with Crippen molar-refractivity contribution in [1.82, 2.24) is 4.90 Å². The Bertz CT molecular complexity index is 528. The molecule has 0 bridgehead atoms. The molecule has 6 heteroatoms. The second kappa shape index (κ2) is 5.76. The van der Waals surface area contributed by atoms with Gasteiger partial charge in [0, 0.05) is 12.1 Å². The van der Waals surface area contributed by atoms with Crippen LogP contribution in [0.3, 0.4) is 0 Å². The van der Waals surface area contributed by atoms with E-state index in [2.05, 4.69) is 0 Å². The molecule has 1 aromatic carbocycles. The van der Waals surface area contributed by atoms with Gasteiger partial charge in [-0.1, -0.05) is 12.1 Å². The van der Waals surface area contributed by atoms with Gasteiger partial charge in [-0.05, 0) is 6.07 Å². The summed E-state index contributed by atoms with van der Waals surface area (Å²) in [5.74, 6) is -2.31. The van der Waals surface area contributed by atoms with Gasteiger partial charge in [0.05, 0.1) is 25.6 Å². The predicted octanol–water partition coefficient (Wildman–Crippen LogP) is 1.26. The Morgan fingerprint density at radius 3 is 3.05 bits per heavy atom. The minimum Gasteiger partial charge on any atom is -0.360 e. The van der Waals surface area contributed by atoms with Crippen molar-refractivity contribution in [3.05, 3.63) is 35.4 Å². The number of hydrogen-bond donors (Lipinski definition) is 0. The number of morpholine rings is 1. The summed E-state index contributed by atoms with van der Waals surface area (Å²) in [7, 11) is 0. The lowest BCUT2D eigenvalue weighted by atomic mass is 10.1. The minimum atomic E-state index is -0.999. The number of benzene rings is 1. The summed E-state index contributed by atoms with van der Waals surface area (Å²) < 4.78 is 31.6. The predicted molar refractivity (Wildman–Crippen MR) is 62.0 cm³/mol. The molecule has 1 heterocycles. The van der Waals surface area contributed by atoms with Crippen molar-refractivity contribution >= 4 is 5.91 Å². The summed E-state index contributed by atoms with van der Waals surface area (Å²) in [6.07, 6.45) is -0.878. The second-order valence-corrected chi connectivity index (χ2v) is 4.22. The molecule has 1 fully saturated rings. The average Bonchev–Trinajstić information content (AvgIpc) is 2.44. The molecule has 1 amide bonds. The van der Waals surface area contributed by atoms with E-state index < -0.39 is 17.7 Å². The summed E-state index contributed by atoms with van der Waals surface area (Å²) in [4.78, 5) is 13.4. The van der Waals surface area contributed by atoms with Gasteiger partial charge in [-0.2, -0.15) is 5.26 Å². The maximum atomic E-state index is 13.4. The third kappa shape index (κ3) is 3.06. The van der Waals surface area contributed by atoms with Gasteiger partial charge in [0.25, 0.3) is 0 Å². The highest BCUT2D eigenvalue weighted by atomic mass is 19.2. The molecule has 19 heavy (non-hydrogen) atoms. The fraction of sp³-hybridized carbons (Fsp3) is 0.385. The van der Waals surface area contributed by atoms with E-state index >= 15 is 0 Å². The lowest BCUT2D eigenvalue weighted by Crippen LogP contribution is -2.45. The largest absolute Gasteiger partial charge is 0.360 e.